The molecule has 1 saturated heterocycles. The van der Waals surface area contributed by atoms with Crippen LogP contribution in [0.15, 0.2) is 48.7 Å². The van der Waals surface area contributed by atoms with Crippen LogP contribution in [0.1, 0.15) is 30.5 Å². The van der Waals surface area contributed by atoms with Crippen molar-refractivity contribution in [3.63, 3.8) is 0 Å². The van der Waals surface area contributed by atoms with Crippen LogP contribution in [0.3, 0.4) is 0 Å². The predicted octanol–water partition coefficient (Wildman–Crippen LogP) is 3.47. The lowest BCUT2D eigenvalue weighted by Crippen LogP contribution is -2.53. The standard InChI is InChI=1S/C20H20F3N3O2/c1-2-16(14-6-4-3-5-7-14)19(28)25-10-11-26(18(27)13-25)15-8-9-24-17(12-15)20(21,22)23/h3-9,12,16H,2,10-11,13H2,1H3. The Morgan fingerprint density at radius 1 is 1.18 bits per heavy atom. The Hall–Kier alpha value is -2.90. The van der Waals surface area contributed by atoms with Crippen LogP contribution in [0.4, 0.5) is 18.9 Å². The van der Waals surface area contributed by atoms with E-state index in [0.717, 1.165) is 17.8 Å². The topological polar surface area (TPSA) is 53.5 Å². The molecule has 1 unspecified atom stereocenters. The third-order valence-electron chi connectivity index (χ3n) is 4.79. The van der Waals surface area contributed by atoms with Gasteiger partial charge in [-0.1, -0.05) is 37.3 Å². The average molecular weight is 391 g/mol. The van der Waals surface area contributed by atoms with E-state index in [9.17, 15) is 22.8 Å². The summed E-state index contributed by atoms with van der Waals surface area (Å²) in [5.41, 5.74) is -0.0326. The summed E-state index contributed by atoms with van der Waals surface area (Å²) in [7, 11) is 0. The Balaban J connectivity index is 1.73. The number of benzene rings is 1. The predicted molar refractivity (Wildman–Crippen MR) is 97.6 cm³/mol. The van der Waals surface area contributed by atoms with E-state index in [1.54, 1.807) is 0 Å². The van der Waals surface area contributed by atoms with Crippen LogP contribution in [-0.4, -0.2) is 41.3 Å². The molecule has 0 saturated carbocycles. The second kappa shape index (κ2) is 8.00. The summed E-state index contributed by atoms with van der Waals surface area (Å²) in [6.07, 6.45) is -2.96. The van der Waals surface area contributed by atoms with Gasteiger partial charge in [-0.15, -0.1) is 0 Å². The monoisotopic (exact) mass is 391 g/mol. The van der Waals surface area contributed by atoms with E-state index in [0.29, 0.717) is 6.42 Å². The van der Waals surface area contributed by atoms with Gasteiger partial charge in [-0.3, -0.25) is 14.6 Å². The van der Waals surface area contributed by atoms with Gasteiger partial charge in [-0.25, -0.2) is 0 Å². The molecule has 1 fully saturated rings. The molecule has 1 atom stereocenters. The van der Waals surface area contributed by atoms with Gasteiger partial charge in [-0.2, -0.15) is 13.2 Å². The fourth-order valence-electron chi connectivity index (χ4n) is 3.34. The minimum absolute atomic E-state index is 0.134. The van der Waals surface area contributed by atoms with Crippen LogP contribution in [0.5, 0.6) is 0 Å². The zero-order chi connectivity index (χ0) is 20.3. The zero-order valence-electron chi connectivity index (χ0n) is 15.3. The average Bonchev–Trinajstić information content (AvgIpc) is 2.68. The molecule has 2 aromatic rings. The lowest BCUT2D eigenvalue weighted by atomic mass is 9.94. The number of anilines is 1. The highest BCUT2D eigenvalue weighted by atomic mass is 19.4. The molecule has 3 rings (SSSR count). The number of rotatable bonds is 4. The molecule has 1 aromatic carbocycles. The van der Waals surface area contributed by atoms with E-state index < -0.39 is 17.8 Å². The lowest BCUT2D eigenvalue weighted by Gasteiger charge is -2.36. The maximum absolute atomic E-state index is 12.9. The summed E-state index contributed by atoms with van der Waals surface area (Å²) in [5.74, 6) is -0.910. The molecule has 5 nitrogen and oxygen atoms in total. The first-order valence-electron chi connectivity index (χ1n) is 8.98. The van der Waals surface area contributed by atoms with Crippen molar-refractivity contribution >= 4 is 17.5 Å². The summed E-state index contributed by atoms with van der Waals surface area (Å²) in [6, 6.07) is 11.6. The number of carbonyl (C=O) groups excluding carboxylic acids is 2. The maximum atomic E-state index is 12.9. The SMILES string of the molecule is CCC(C(=O)N1CCN(c2ccnc(C(F)(F)F)c2)C(=O)C1)c1ccccc1. The highest BCUT2D eigenvalue weighted by Gasteiger charge is 2.35. The molecule has 8 heteroatoms. The van der Waals surface area contributed by atoms with Gasteiger partial charge in [0.25, 0.3) is 0 Å². The van der Waals surface area contributed by atoms with Crippen LogP contribution >= 0.6 is 0 Å². The number of pyridine rings is 1. The maximum Gasteiger partial charge on any atom is 0.433 e. The van der Waals surface area contributed by atoms with Gasteiger partial charge in [-0.05, 0) is 24.1 Å². The Kier molecular flexibility index (Phi) is 5.67. The quantitative estimate of drug-likeness (QED) is 0.802. The molecule has 1 aromatic heterocycles. The van der Waals surface area contributed by atoms with E-state index in [1.165, 1.54) is 15.9 Å². The van der Waals surface area contributed by atoms with Gasteiger partial charge in [0, 0.05) is 25.0 Å². The highest BCUT2D eigenvalue weighted by Crippen LogP contribution is 2.30. The van der Waals surface area contributed by atoms with Crippen LogP contribution in [0, 0.1) is 0 Å². The summed E-state index contributed by atoms with van der Waals surface area (Å²) in [6.45, 7) is 2.14. The van der Waals surface area contributed by atoms with Crippen molar-refractivity contribution in [3.05, 3.63) is 59.9 Å². The number of aromatic nitrogens is 1. The molecule has 0 aliphatic carbocycles. The Morgan fingerprint density at radius 2 is 1.89 bits per heavy atom. The van der Waals surface area contributed by atoms with Gasteiger partial charge in [0.2, 0.25) is 11.8 Å². The number of amides is 2. The zero-order valence-corrected chi connectivity index (χ0v) is 15.3. The second-order valence-corrected chi connectivity index (χ2v) is 6.57. The fraction of sp³-hybridized carbons (Fsp3) is 0.350. The Morgan fingerprint density at radius 3 is 2.50 bits per heavy atom. The van der Waals surface area contributed by atoms with Crippen LogP contribution in [0.25, 0.3) is 0 Å². The van der Waals surface area contributed by atoms with E-state index in [4.69, 9.17) is 0 Å². The van der Waals surface area contributed by atoms with Crippen LogP contribution in [-0.2, 0) is 15.8 Å². The minimum Gasteiger partial charge on any atom is -0.331 e. The normalized spacial score (nSPS) is 16.2. The van der Waals surface area contributed by atoms with Crippen molar-refractivity contribution in [3.8, 4) is 0 Å². The van der Waals surface area contributed by atoms with Crippen molar-refractivity contribution in [1.82, 2.24) is 9.88 Å². The molecule has 0 bridgehead atoms. The van der Waals surface area contributed by atoms with Crippen molar-refractivity contribution < 1.29 is 22.8 Å². The van der Waals surface area contributed by atoms with Gasteiger partial charge in [0.05, 0.1) is 5.92 Å². The summed E-state index contributed by atoms with van der Waals surface area (Å²) >= 11 is 0. The molecule has 1 aliphatic rings. The highest BCUT2D eigenvalue weighted by molar-refractivity contribution is 5.98. The number of alkyl halides is 3. The molecule has 1 aliphatic heterocycles. The summed E-state index contributed by atoms with van der Waals surface area (Å²) in [4.78, 5) is 31.5. The fourth-order valence-corrected chi connectivity index (χ4v) is 3.34. The smallest absolute Gasteiger partial charge is 0.331 e. The van der Waals surface area contributed by atoms with Gasteiger partial charge in [0.1, 0.15) is 12.2 Å². The van der Waals surface area contributed by atoms with Crippen LogP contribution < -0.4 is 4.90 Å². The second-order valence-electron chi connectivity index (χ2n) is 6.57. The number of halogens is 3. The Bertz CT molecular complexity index is 855. The van der Waals surface area contributed by atoms with E-state index >= 15 is 0 Å². The van der Waals surface area contributed by atoms with E-state index in [1.807, 2.05) is 37.3 Å². The van der Waals surface area contributed by atoms with Gasteiger partial charge >= 0.3 is 6.18 Å². The van der Waals surface area contributed by atoms with Crippen molar-refractivity contribution in [2.24, 2.45) is 0 Å². The molecule has 2 amide bonds. The third kappa shape index (κ3) is 4.16. The molecule has 0 radical (unpaired) electrons. The number of carbonyl (C=O) groups is 2. The summed E-state index contributed by atoms with van der Waals surface area (Å²) in [5, 5.41) is 0. The third-order valence-corrected chi connectivity index (χ3v) is 4.79. The molecule has 2 heterocycles. The number of piperazine rings is 1. The number of hydrogen-bond donors (Lipinski definition) is 0. The van der Waals surface area contributed by atoms with Crippen LogP contribution in [0.2, 0.25) is 0 Å². The van der Waals surface area contributed by atoms with Crippen molar-refractivity contribution in [1.29, 1.82) is 0 Å². The van der Waals surface area contributed by atoms with Gasteiger partial charge < -0.3 is 9.80 Å². The number of nitrogens with zero attached hydrogens (tertiary/aromatic N) is 3. The first-order valence-corrected chi connectivity index (χ1v) is 8.98. The molecule has 28 heavy (non-hydrogen) atoms. The van der Waals surface area contributed by atoms with E-state index in [-0.39, 0.29) is 37.1 Å². The minimum atomic E-state index is -4.58. The summed E-state index contributed by atoms with van der Waals surface area (Å²) < 4.78 is 38.6. The van der Waals surface area contributed by atoms with Gasteiger partial charge in [0.15, 0.2) is 0 Å². The number of hydrogen-bond acceptors (Lipinski definition) is 3. The molecular weight excluding hydrogens is 371 g/mol. The molecule has 148 valence electrons. The lowest BCUT2D eigenvalue weighted by molar-refractivity contribution is -0.141. The Labute approximate surface area is 160 Å². The molecule has 0 N–H and O–H groups in total. The first-order chi connectivity index (χ1) is 13.3. The van der Waals surface area contributed by atoms with E-state index in [2.05, 4.69) is 4.98 Å². The molecule has 0 spiro atoms. The largest absolute Gasteiger partial charge is 0.433 e. The van der Waals surface area contributed by atoms with Crippen molar-refractivity contribution in [2.45, 2.75) is 25.4 Å². The molecular formula is C20H20F3N3O2. The van der Waals surface area contributed by atoms with Crippen molar-refractivity contribution in [2.75, 3.05) is 24.5 Å². The first kappa shape index (κ1) is 19.9.